The monoisotopic (exact) mass is 267 g/mol. The molecule has 4 heteroatoms. The van der Waals surface area contributed by atoms with Gasteiger partial charge in [0.1, 0.15) is 5.82 Å². The molecule has 3 nitrogen and oxygen atoms in total. The maximum Gasteiger partial charge on any atom is 0.146 e. The van der Waals surface area contributed by atoms with Crippen molar-refractivity contribution in [1.82, 2.24) is 10.2 Å². The van der Waals surface area contributed by atoms with Gasteiger partial charge in [-0.1, -0.05) is 19.1 Å². The van der Waals surface area contributed by atoms with Crippen molar-refractivity contribution >= 4 is 5.69 Å². The normalized spacial score (nSPS) is 11.1. The summed E-state index contributed by atoms with van der Waals surface area (Å²) in [7, 11) is 6.00. The van der Waals surface area contributed by atoms with Crippen LogP contribution in [0.2, 0.25) is 0 Å². The van der Waals surface area contributed by atoms with Crippen LogP contribution in [0.1, 0.15) is 18.9 Å². The second-order valence-electron chi connectivity index (χ2n) is 5.15. The molecular formula is C15H26FN3. The van der Waals surface area contributed by atoms with Gasteiger partial charge in [0.25, 0.3) is 0 Å². The Bertz CT molecular complexity index is 380. The first-order valence-electron chi connectivity index (χ1n) is 6.90. The van der Waals surface area contributed by atoms with Gasteiger partial charge in [0, 0.05) is 26.7 Å². The maximum atomic E-state index is 14.1. The molecule has 0 bridgehead atoms. The minimum Gasteiger partial charge on any atom is -0.371 e. The van der Waals surface area contributed by atoms with Crippen molar-refractivity contribution in [2.45, 2.75) is 19.9 Å². The van der Waals surface area contributed by atoms with Crippen molar-refractivity contribution in [2.75, 3.05) is 45.7 Å². The number of likely N-dealkylation sites (N-methyl/N-ethyl adjacent to an activating group) is 2. The van der Waals surface area contributed by atoms with Gasteiger partial charge in [0.2, 0.25) is 0 Å². The molecule has 0 spiro atoms. The average Bonchev–Trinajstić information content (AvgIpc) is 2.36. The molecule has 0 heterocycles. The summed E-state index contributed by atoms with van der Waals surface area (Å²) in [6, 6.07) is 5.31. The third-order valence-corrected chi connectivity index (χ3v) is 3.08. The van der Waals surface area contributed by atoms with Crippen LogP contribution in [-0.2, 0) is 6.54 Å². The Labute approximate surface area is 116 Å². The number of hydrogen-bond donors (Lipinski definition) is 1. The summed E-state index contributed by atoms with van der Waals surface area (Å²) >= 11 is 0. The van der Waals surface area contributed by atoms with Crippen molar-refractivity contribution < 1.29 is 4.39 Å². The van der Waals surface area contributed by atoms with Gasteiger partial charge in [-0.15, -0.1) is 0 Å². The van der Waals surface area contributed by atoms with Crippen LogP contribution >= 0.6 is 0 Å². The fraction of sp³-hybridized carbons (Fsp3) is 0.600. The lowest BCUT2D eigenvalue weighted by atomic mass is 10.1. The van der Waals surface area contributed by atoms with Crippen molar-refractivity contribution in [3.63, 3.8) is 0 Å². The summed E-state index contributed by atoms with van der Waals surface area (Å²) < 4.78 is 14.1. The van der Waals surface area contributed by atoms with Crippen molar-refractivity contribution in [3.8, 4) is 0 Å². The molecule has 0 radical (unpaired) electrons. The van der Waals surface area contributed by atoms with Gasteiger partial charge in [-0.05, 0) is 38.7 Å². The van der Waals surface area contributed by atoms with Crippen LogP contribution in [0.5, 0.6) is 0 Å². The lowest BCUT2D eigenvalue weighted by Gasteiger charge is -2.24. The summed E-state index contributed by atoms with van der Waals surface area (Å²) in [6.45, 7) is 5.52. The molecule has 0 fully saturated rings. The number of nitrogens with zero attached hydrogens (tertiary/aromatic N) is 2. The molecule has 0 saturated carbocycles. The number of rotatable bonds is 8. The van der Waals surface area contributed by atoms with Crippen LogP contribution in [0.15, 0.2) is 18.2 Å². The molecule has 1 N–H and O–H groups in total. The van der Waals surface area contributed by atoms with E-state index in [2.05, 4.69) is 17.1 Å². The summed E-state index contributed by atoms with van der Waals surface area (Å²) in [5.41, 5.74) is 1.74. The van der Waals surface area contributed by atoms with Gasteiger partial charge in [-0.3, -0.25) is 0 Å². The number of para-hydroxylation sites is 1. The molecule has 0 atom stereocenters. The Morgan fingerprint density at radius 3 is 2.53 bits per heavy atom. The van der Waals surface area contributed by atoms with E-state index in [1.165, 1.54) is 6.07 Å². The Kier molecular flexibility index (Phi) is 6.81. The minimum atomic E-state index is -0.142. The third kappa shape index (κ3) is 5.17. The van der Waals surface area contributed by atoms with E-state index in [4.69, 9.17) is 0 Å². The predicted octanol–water partition coefficient (Wildman–Crippen LogP) is 2.32. The number of halogens is 1. The first kappa shape index (κ1) is 15.9. The molecule has 19 heavy (non-hydrogen) atoms. The van der Waals surface area contributed by atoms with Gasteiger partial charge >= 0.3 is 0 Å². The number of anilines is 1. The minimum absolute atomic E-state index is 0.142. The molecule has 0 aliphatic carbocycles. The smallest absolute Gasteiger partial charge is 0.146 e. The molecule has 1 rings (SSSR count). The summed E-state index contributed by atoms with van der Waals surface area (Å²) in [5.74, 6) is -0.142. The molecular weight excluding hydrogens is 241 g/mol. The number of benzene rings is 1. The second kappa shape index (κ2) is 8.12. The fourth-order valence-electron chi connectivity index (χ4n) is 1.99. The maximum absolute atomic E-state index is 14.1. The fourth-order valence-corrected chi connectivity index (χ4v) is 1.99. The van der Waals surface area contributed by atoms with E-state index in [0.717, 1.165) is 31.6 Å². The Morgan fingerprint density at radius 2 is 1.89 bits per heavy atom. The number of hydrogen-bond acceptors (Lipinski definition) is 3. The highest BCUT2D eigenvalue weighted by Crippen LogP contribution is 2.23. The van der Waals surface area contributed by atoms with Gasteiger partial charge < -0.3 is 15.1 Å². The molecule has 1 aromatic carbocycles. The molecule has 0 unspecified atom stereocenters. The first-order chi connectivity index (χ1) is 9.06. The van der Waals surface area contributed by atoms with Crippen LogP contribution in [0.4, 0.5) is 10.1 Å². The Balaban J connectivity index is 2.78. The highest BCUT2D eigenvalue weighted by Gasteiger charge is 2.12. The van der Waals surface area contributed by atoms with E-state index in [1.807, 2.05) is 32.1 Å². The van der Waals surface area contributed by atoms with Crippen LogP contribution in [0, 0.1) is 5.82 Å². The highest BCUT2D eigenvalue weighted by atomic mass is 19.1. The van der Waals surface area contributed by atoms with Gasteiger partial charge in [0.15, 0.2) is 0 Å². The van der Waals surface area contributed by atoms with E-state index >= 15 is 0 Å². The largest absolute Gasteiger partial charge is 0.371 e. The van der Waals surface area contributed by atoms with Crippen LogP contribution in [-0.4, -0.2) is 45.7 Å². The van der Waals surface area contributed by atoms with Crippen molar-refractivity contribution in [3.05, 3.63) is 29.6 Å². The van der Waals surface area contributed by atoms with Gasteiger partial charge in [-0.2, -0.15) is 0 Å². The highest BCUT2D eigenvalue weighted by molar-refractivity contribution is 5.54. The van der Waals surface area contributed by atoms with E-state index in [-0.39, 0.29) is 5.82 Å². The quantitative estimate of drug-likeness (QED) is 0.729. The first-order valence-corrected chi connectivity index (χ1v) is 6.90. The standard InChI is InChI=1S/C15H26FN3/c1-5-9-17-12-13-7-6-8-14(16)15(13)19(4)11-10-18(2)3/h6-8,17H,5,9-12H2,1-4H3. The topological polar surface area (TPSA) is 18.5 Å². The van der Waals surface area contributed by atoms with Gasteiger partial charge in [0.05, 0.1) is 5.69 Å². The molecule has 0 aliphatic heterocycles. The Morgan fingerprint density at radius 1 is 1.16 bits per heavy atom. The summed E-state index contributed by atoms with van der Waals surface area (Å²) in [4.78, 5) is 4.10. The van der Waals surface area contributed by atoms with E-state index in [9.17, 15) is 4.39 Å². The van der Waals surface area contributed by atoms with E-state index in [1.54, 1.807) is 6.07 Å². The lowest BCUT2D eigenvalue weighted by molar-refractivity contribution is 0.415. The molecule has 108 valence electrons. The molecule has 0 aromatic heterocycles. The second-order valence-corrected chi connectivity index (χ2v) is 5.15. The van der Waals surface area contributed by atoms with Crippen molar-refractivity contribution in [1.29, 1.82) is 0 Å². The summed E-state index contributed by atoms with van der Waals surface area (Å²) in [6.07, 6.45) is 1.08. The third-order valence-electron chi connectivity index (χ3n) is 3.08. The van der Waals surface area contributed by atoms with E-state index < -0.39 is 0 Å². The molecule has 0 saturated heterocycles. The van der Waals surface area contributed by atoms with Gasteiger partial charge in [-0.25, -0.2) is 4.39 Å². The lowest BCUT2D eigenvalue weighted by Crippen LogP contribution is -2.30. The predicted molar refractivity (Wildman–Crippen MR) is 80.2 cm³/mol. The zero-order valence-electron chi connectivity index (χ0n) is 12.5. The molecule has 0 amide bonds. The summed E-state index contributed by atoms with van der Waals surface area (Å²) in [5, 5.41) is 3.33. The number of nitrogens with one attached hydrogen (secondary N) is 1. The SMILES string of the molecule is CCCNCc1cccc(F)c1N(C)CCN(C)C. The van der Waals surface area contributed by atoms with Crippen LogP contribution < -0.4 is 10.2 Å². The zero-order chi connectivity index (χ0) is 14.3. The van der Waals surface area contributed by atoms with Crippen molar-refractivity contribution in [2.24, 2.45) is 0 Å². The average molecular weight is 267 g/mol. The zero-order valence-corrected chi connectivity index (χ0v) is 12.5. The molecule has 0 aliphatic rings. The molecule has 1 aromatic rings. The Hall–Kier alpha value is -1.13. The van der Waals surface area contributed by atoms with Crippen LogP contribution in [0.3, 0.4) is 0 Å². The van der Waals surface area contributed by atoms with Crippen LogP contribution in [0.25, 0.3) is 0 Å². The van der Waals surface area contributed by atoms with E-state index in [0.29, 0.717) is 12.2 Å².